The Kier molecular flexibility index (Phi) is 4.64. The fourth-order valence-electron chi connectivity index (χ4n) is 2.30. The van der Waals surface area contributed by atoms with Crippen LogP contribution in [0.4, 0.5) is 0 Å². The van der Waals surface area contributed by atoms with Crippen molar-refractivity contribution in [3.05, 3.63) is 59.2 Å². The van der Waals surface area contributed by atoms with Gasteiger partial charge < -0.3 is 15.5 Å². The molecule has 1 unspecified atom stereocenters. The van der Waals surface area contributed by atoms with Crippen molar-refractivity contribution in [3.8, 4) is 11.5 Å². The fraction of sp³-hybridized carbons (Fsp3) is 0.294. The summed E-state index contributed by atoms with van der Waals surface area (Å²) >= 11 is 0. The molecular formula is C17H21NO2. The molecule has 0 spiro atoms. The van der Waals surface area contributed by atoms with Gasteiger partial charge in [0.2, 0.25) is 0 Å². The molecule has 0 heterocycles. The molecule has 0 aliphatic rings. The zero-order valence-corrected chi connectivity index (χ0v) is 11.9. The summed E-state index contributed by atoms with van der Waals surface area (Å²) in [6.07, 6.45) is 0.960. The van der Waals surface area contributed by atoms with Crippen LogP contribution in [-0.2, 0) is 6.42 Å². The summed E-state index contributed by atoms with van der Waals surface area (Å²) in [5.41, 5.74) is 3.52. The fourth-order valence-corrected chi connectivity index (χ4v) is 2.30. The molecule has 0 amide bonds. The van der Waals surface area contributed by atoms with Crippen LogP contribution < -0.4 is 5.32 Å². The SMILES string of the molecule is Cc1ccccc1CCNC(C)c1cc(O)cc(O)c1. The van der Waals surface area contributed by atoms with Crippen LogP contribution in [-0.4, -0.2) is 16.8 Å². The van der Waals surface area contributed by atoms with E-state index in [0.717, 1.165) is 18.5 Å². The Labute approximate surface area is 119 Å². The number of aromatic hydroxyl groups is 2. The van der Waals surface area contributed by atoms with E-state index in [4.69, 9.17) is 0 Å². The van der Waals surface area contributed by atoms with Gasteiger partial charge in [-0.2, -0.15) is 0 Å². The zero-order valence-electron chi connectivity index (χ0n) is 11.9. The number of benzene rings is 2. The van der Waals surface area contributed by atoms with E-state index >= 15 is 0 Å². The maximum Gasteiger partial charge on any atom is 0.119 e. The highest BCUT2D eigenvalue weighted by molar-refractivity contribution is 5.38. The second-order valence-electron chi connectivity index (χ2n) is 5.14. The zero-order chi connectivity index (χ0) is 14.5. The first kappa shape index (κ1) is 14.4. The molecule has 0 aliphatic carbocycles. The van der Waals surface area contributed by atoms with Gasteiger partial charge in [0.15, 0.2) is 0 Å². The molecule has 1 atom stereocenters. The molecule has 0 bridgehead atoms. The van der Waals surface area contributed by atoms with Crippen LogP contribution in [0.5, 0.6) is 11.5 Å². The first-order chi connectivity index (χ1) is 9.56. The molecule has 3 heteroatoms. The lowest BCUT2D eigenvalue weighted by molar-refractivity contribution is 0.446. The molecule has 0 saturated carbocycles. The molecule has 0 aromatic heterocycles. The predicted octanol–water partition coefficient (Wildman–Crippen LogP) is 3.30. The number of aryl methyl sites for hydroxylation is 1. The summed E-state index contributed by atoms with van der Waals surface area (Å²) in [5.74, 6) is 0.181. The molecule has 0 radical (unpaired) electrons. The third kappa shape index (κ3) is 3.75. The van der Waals surface area contributed by atoms with Gasteiger partial charge in [0.1, 0.15) is 11.5 Å². The van der Waals surface area contributed by atoms with E-state index in [1.54, 1.807) is 12.1 Å². The van der Waals surface area contributed by atoms with Crippen LogP contribution in [0.15, 0.2) is 42.5 Å². The Morgan fingerprint density at radius 1 is 1.05 bits per heavy atom. The molecule has 2 rings (SSSR count). The van der Waals surface area contributed by atoms with Crippen LogP contribution in [0.1, 0.15) is 29.7 Å². The minimum absolute atomic E-state index is 0.0806. The monoisotopic (exact) mass is 271 g/mol. The summed E-state index contributed by atoms with van der Waals surface area (Å²) in [7, 11) is 0. The summed E-state index contributed by atoms with van der Waals surface area (Å²) in [6.45, 7) is 4.99. The van der Waals surface area contributed by atoms with Gasteiger partial charge in [-0.05, 0) is 55.6 Å². The smallest absolute Gasteiger partial charge is 0.119 e. The quantitative estimate of drug-likeness (QED) is 0.782. The van der Waals surface area contributed by atoms with Crippen molar-refractivity contribution in [3.63, 3.8) is 0 Å². The van der Waals surface area contributed by atoms with Crippen molar-refractivity contribution in [1.29, 1.82) is 0 Å². The van der Waals surface area contributed by atoms with Crippen molar-refractivity contribution in [2.75, 3.05) is 6.54 Å². The Morgan fingerprint density at radius 2 is 1.70 bits per heavy atom. The van der Waals surface area contributed by atoms with Crippen molar-refractivity contribution in [1.82, 2.24) is 5.32 Å². The number of nitrogens with one attached hydrogen (secondary N) is 1. The second kappa shape index (κ2) is 6.44. The highest BCUT2D eigenvalue weighted by Crippen LogP contribution is 2.24. The maximum absolute atomic E-state index is 9.49. The third-order valence-corrected chi connectivity index (χ3v) is 3.53. The molecule has 3 N–H and O–H groups in total. The van der Waals surface area contributed by atoms with Crippen LogP contribution in [0, 0.1) is 6.92 Å². The Hall–Kier alpha value is -2.00. The van der Waals surface area contributed by atoms with E-state index < -0.39 is 0 Å². The Balaban J connectivity index is 1.92. The van der Waals surface area contributed by atoms with Gasteiger partial charge >= 0.3 is 0 Å². The van der Waals surface area contributed by atoms with Gasteiger partial charge in [0, 0.05) is 12.1 Å². The molecule has 20 heavy (non-hydrogen) atoms. The maximum atomic E-state index is 9.49. The normalized spacial score (nSPS) is 12.3. The Bertz CT molecular complexity index is 561. The molecule has 106 valence electrons. The van der Waals surface area contributed by atoms with E-state index in [9.17, 15) is 10.2 Å². The number of phenolic OH excluding ortho intramolecular Hbond substituents is 2. The van der Waals surface area contributed by atoms with E-state index in [1.165, 1.54) is 17.2 Å². The van der Waals surface area contributed by atoms with Crippen LogP contribution in [0.2, 0.25) is 0 Å². The largest absolute Gasteiger partial charge is 0.508 e. The standard InChI is InChI=1S/C17H21NO2/c1-12-5-3-4-6-14(12)7-8-18-13(2)15-9-16(19)11-17(20)10-15/h3-6,9-11,13,18-20H,7-8H2,1-2H3. The van der Waals surface area contributed by atoms with Crippen molar-refractivity contribution in [2.45, 2.75) is 26.3 Å². The van der Waals surface area contributed by atoms with Gasteiger partial charge in [0.05, 0.1) is 0 Å². The first-order valence-corrected chi connectivity index (χ1v) is 6.87. The molecule has 0 fully saturated rings. The second-order valence-corrected chi connectivity index (χ2v) is 5.14. The van der Waals surface area contributed by atoms with E-state index in [-0.39, 0.29) is 17.5 Å². The predicted molar refractivity (Wildman–Crippen MR) is 81.1 cm³/mol. The van der Waals surface area contributed by atoms with Gasteiger partial charge in [-0.25, -0.2) is 0 Å². The molecule has 3 nitrogen and oxygen atoms in total. The number of hydrogen-bond donors (Lipinski definition) is 3. The number of phenols is 2. The number of rotatable bonds is 5. The van der Waals surface area contributed by atoms with E-state index in [2.05, 4.69) is 30.4 Å². The van der Waals surface area contributed by atoms with Gasteiger partial charge in [-0.1, -0.05) is 24.3 Å². The minimum Gasteiger partial charge on any atom is -0.508 e. The van der Waals surface area contributed by atoms with Crippen LogP contribution in [0.25, 0.3) is 0 Å². The first-order valence-electron chi connectivity index (χ1n) is 6.87. The molecular weight excluding hydrogens is 250 g/mol. The lowest BCUT2D eigenvalue weighted by Gasteiger charge is -2.15. The molecule has 2 aromatic rings. The lowest BCUT2D eigenvalue weighted by Crippen LogP contribution is -2.21. The highest BCUT2D eigenvalue weighted by atomic mass is 16.3. The third-order valence-electron chi connectivity index (χ3n) is 3.53. The van der Waals surface area contributed by atoms with Crippen molar-refractivity contribution >= 4 is 0 Å². The van der Waals surface area contributed by atoms with E-state index in [1.807, 2.05) is 13.0 Å². The van der Waals surface area contributed by atoms with Crippen LogP contribution >= 0.6 is 0 Å². The van der Waals surface area contributed by atoms with Gasteiger partial charge in [0.25, 0.3) is 0 Å². The molecule has 0 aliphatic heterocycles. The van der Waals surface area contributed by atoms with Gasteiger partial charge in [-0.3, -0.25) is 0 Å². The average molecular weight is 271 g/mol. The summed E-state index contributed by atoms with van der Waals surface area (Å²) in [5, 5.41) is 22.4. The van der Waals surface area contributed by atoms with Gasteiger partial charge in [-0.15, -0.1) is 0 Å². The van der Waals surface area contributed by atoms with Crippen molar-refractivity contribution in [2.24, 2.45) is 0 Å². The lowest BCUT2D eigenvalue weighted by atomic mass is 10.0. The van der Waals surface area contributed by atoms with Crippen LogP contribution in [0.3, 0.4) is 0 Å². The molecule has 0 saturated heterocycles. The topological polar surface area (TPSA) is 52.5 Å². The summed E-state index contributed by atoms with van der Waals surface area (Å²) < 4.78 is 0. The summed E-state index contributed by atoms with van der Waals surface area (Å²) in [4.78, 5) is 0. The van der Waals surface area contributed by atoms with Crippen molar-refractivity contribution < 1.29 is 10.2 Å². The average Bonchev–Trinajstić information content (AvgIpc) is 2.39. The Morgan fingerprint density at radius 3 is 2.35 bits per heavy atom. The number of hydrogen-bond acceptors (Lipinski definition) is 3. The molecule has 2 aromatic carbocycles. The summed E-state index contributed by atoms with van der Waals surface area (Å²) in [6, 6.07) is 13.1. The van der Waals surface area contributed by atoms with E-state index in [0.29, 0.717) is 0 Å². The highest BCUT2D eigenvalue weighted by Gasteiger charge is 2.07. The minimum atomic E-state index is 0.0806.